The van der Waals surface area contributed by atoms with Crippen molar-refractivity contribution in [2.24, 2.45) is 5.92 Å². The van der Waals surface area contributed by atoms with Crippen molar-refractivity contribution in [1.29, 1.82) is 0 Å². The highest BCUT2D eigenvalue weighted by Gasteiger charge is 2.28. The molecule has 3 rings (SSSR count). The van der Waals surface area contributed by atoms with E-state index in [2.05, 4.69) is 15.5 Å². The van der Waals surface area contributed by atoms with Crippen LogP contribution in [0.1, 0.15) is 19.8 Å². The van der Waals surface area contributed by atoms with Crippen LogP contribution in [0.25, 0.3) is 0 Å². The Morgan fingerprint density at radius 2 is 1.75 bits per heavy atom. The van der Waals surface area contributed by atoms with Gasteiger partial charge in [0.05, 0.1) is 13.2 Å². The average molecular weight is 411 g/mol. The molecule has 2 heterocycles. The van der Waals surface area contributed by atoms with Crippen molar-refractivity contribution in [3.63, 3.8) is 0 Å². The second kappa shape index (κ2) is 11.2. The summed E-state index contributed by atoms with van der Waals surface area (Å²) in [5, 5.41) is 6.22. The highest BCUT2D eigenvalue weighted by molar-refractivity contribution is 5.92. The van der Waals surface area contributed by atoms with Gasteiger partial charge in [-0.15, -0.1) is 12.4 Å². The van der Waals surface area contributed by atoms with E-state index in [1.807, 2.05) is 36.1 Å². The maximum Gasteiger partial charge on any atom is 0.238 e. The first-order valence-corrected chi connectivity index (χ1v) is 9.90. The molecule has 1 aromatic carbocycles. The summed E-state index contributed by atoms with van der Waals surface area (Å²) >= 11 is 0. The van der Waals surface area contributed by atoms with Gasteiger partial charge in [0.1, 0.15) is 5.75 Å². The Balaban J connectivity index is 0.00000280. The smallest absolute Gasteiger partial charge is 0.238 e. The molecule has 0 bridgehead atoms. The molecular formula is C20H31ClN4O3. The number of piperazine rings is 1. The Bertz CT molecular complexity index is 627. The summed E-state index contributed by atoms with van der Waals surface area (Å²) in [5.41, 5.74) is 0.767. The van der Waals surface area contributed by atoms with E-state index in [0.717, 1.165) is 50.5 Å². The fourth-order valence-corrected chi connectivity index (χ4v) is 3.66. The van der Waals surface area contributed by atoms with E-state index in [4.69, 9.17) is 4.74 Å². The Morgan fingerprint density at radius 1 is 1.11 bits per heavy atom. The third-order valence-corrected chi connectivity index (χ3v) is 5.19. The zero-order chi connectivity index (χ0) is 19.1. The number of piperidine rings is 1. The Kier molecular flexibility index (Phi) is 9.02. The van der Waals surface area contributed by atoms with Crippen LogP contribution in [0.4, 0.5) is 5.69 Å². The summed E-state index contributed by atoms with van der Waals surface area (Å²) in [6.45, 7) is 7.68. The molecule has 2 aliphatic heterocycles. The van der Waals surface area contributed by atoms with Crippen molar-refractivity contribution in [2.45, 2.75) is 19.8 Å². The van der Waals surface area contributed by atoms with Crippen LogP contribution in [0.15, 0.2) is 24.3 Å². The summed E-state index contributed by atoms with van der Waals surface area (Å²) in [6.07, 6.45) is 1.87. The van der Waals surface area contributed by atoms with E-state index in [1.165, 1.54) is 0 Å². The fraction of sp³-hybridized carbons (Fsp3) is 0.600. The first-order chi connectivity index (χ1) is 13.2. The van der Waals surface area contributed by atoms with Gasteiger partial charge in [0.25, 0.3) is 0 Å². The van der Waals surface area contributed by atoms with E-state index >= 15 is 0 Å². The third-order valence-electron chi connectivity index (χ3n) is 5.19. The second-order valence-corrected chi connectivity index (χ2v) is 7.13. The van der Waals surface area contributed by atoms with Gasteiger partial charge in [-0.2, -0.15) is 0 Å². The lowest BCUT2D eigenvalue weighted by atomic mass is 9.96. The number of nitrogens with one attached hydrogen (secondary N) is 2. The van der Waals surface area contributed by atoms with Crippen molar-refractivity contribution in [3.05, 3.63) is 24.3 Å². The van der Waals surface area contributed by atoms with Gasteiger partial charge in [0, 0.05) is 37.8 Å². The zero-order valence-corrected chi connectivity index (χ0v) is 17.3. The fourth-order valence-electron chi connectivity index (χ4n) is 3.66. The Morgan fingerprint density at radius 3 is 2.36 bits per heavy atom. The molecule has 28 heavy (non-hydrogen) atoms. The number of nitrogens with zero attached hydrogens (tertiary/aromatic N) is 2. The van der Waals surface area contributed by atoms with Crippen LogP contribution in [-0.2, 0) is 9.59 Å². The molecule has 0 atom stereocenters. The molecule has 7 nitrogen and oxygen atoms in total. The number of carbonyl (C=O) groups excluding carboxylic acids is 2. The van der Waals surface area contributed by atoms with E-state index in [9.17, 15) is 9.59 Å². The Hall–Kier alpha value is -1.83. The molecule has 0 spiro atoms. The van der Waals surface area contributed by atoms with Gasteiger partial charge in [0.15, 0.2) is 0 Å². The second-order valence-electron chi connectivity index (χ2n) is 7.13. The van der Waals surface area contributed by atoms with E-state index in [0.29, 0.717) is 26.2 Å². The number of anilines is 1. The molecule has 2 fully saturated rings. The van der Waals surface area contributed by atoms with Crippen LogP contribution in [-0.4, -0.2) is 74.0 Å². The lowest BCUT2D eigenvalue weighted by Crippen LogP contribution is -2.52. The maximum atomic E-state index is 12.6. The number of hydrogen-bond donors (Lipinski definition) is 2. The highest BCUT2D eigenvalue weighted by Crippen LogP contribution is 2.17. The molecule has 0 unspecified atom stereocenters. The van der Waals surface area contributed by atoms with Crippen molar-refractivity contribution in [1.82, 2.24) is 15.1 Å². The van der Waals surface area contributed by atoms with E-state index in [1.54, 1.807) is 0 Å². The number of hydrogen-bond acceptors (Lipinski definition) is 5. The minimum atomic E-state index is -0.0303. The quantitative estimate of drug-likeness (QED) is 0.745. The van der Waals surface area contributed by atoms with Crippen molar-refractivity contribution in [2.75, 3.05) is 57.7 Å². The topological polar surface area (TPSA) is 73.9 Å². The normalized spacial score (nSPS) is 18.2. The monoisotopic (exact) mass is 410 g/mol. The molecule has 0 aliphatic carbocycles. The Labute approximate surface area is 173 Å². The molecule has 0 radical (unpaired) electrons. The van der Waals surface area contributed by atoms with Crippen LogP contribution < -0.4 is 15.4 Å². The summed E-state index contributed by atoms with van der Waals surface area (Å²) in [4.78, 5) is 28.9. The van der Waals surface area contributed by atoms with Gasteiger partial charge in [0.2, 0.25) is 11.8 Å². The lowest BCUT2D eigenvalue weighted by molar-refractivity contribution is -0.138. The summed E-state index contributed by atoms with van der Waals surface area (Å²) in [5.74, 6) is 1.22. The van der Waals surface area contributed by atoms with Gasteiger partial charge in [-0.3, -0.25) is 14.5 Å². The van der Waals surface area contributed by atoms with Gasteiger partial charge in [-0.05, 0) is 57.1 Å². The van der Waals surface area contributed by atoms with Crippen LogP contribution in [0.5, 0.6) is 5.75 Å². The minimum Gasteiger partial charge on any atom is -0.494 e. The van der Waals surface area contributed by atoms with Gasteiger partial charge in [-0.1, -0.05) is 0 Å². The van der Waals surface area contributed by atoms with Crippen LogP contribution in [0.2, 0.25) is 0 Å². The SMILES string of the molecule is CCOc1ccc(NC(=O)CN2CCN(C(=O)C3CCNCC3)CC2)cc1.Cl. The minimum absolute atomic E-state index is 0. The summed E-state index contributed by atoms with van der Waals surface area (Å²) in [7, 11) is 0. The molecule has 2 aliphatic rings. The number of amides is 2. The first kappa shape index (κ1) is 22.5. The molecular weight excluding hydrogens is 380 g/mol. The van der Waals surface area contributed by atoms with E-state index < -0.39 is 0 Å². The number of rotatable bonds is 6. The number of halogens is 1. The molecule has 8 heteroatoms. The van der Waals surface area contributed by atoms with Crippen LogP contribution in [0.3, 0.4) is 0 Å². The van der Waals surface area contributed by atoms with Crippen LogP contribution in [0, 0.1) is 5.92 Å². The maximum absolute atomic E-state index is 12.6. The standard InChI is InChI=1S/C20H30N4O3.ClH/c1-2-27-18-5-3-17(4-6-18)22-19(25)15-23-11-13-24(14-12-23)20(26)16-7-9-21-10-8-16;/h3-6,16,21H,2,7-15H2,1H3,(H,22,25);1H. The van der Waals surface area contributed by atoms with Crippen molar-refractivity contribution < 1.29 is 14.3 Å². The highest BCUT2D eigenvalue weighted by atomic mass is 35.5. The van der Waals surface area contributed by atoms with Gasteiger partial charge in [-0.25, -0.2) is 0 Å². The molecule has 1 aromatic rings. The summed E-state index contributed by atoms with van der Waals surface area (Å²) in [6, 6.07) is 7.39. The molecule has 2 amide bonds. The number of benzene rings is 1. The molecule has 156 valence electrons. The van der Waals surface area contributed by atoms with Gasteiger partial charge < -0.3 is 20.3 Å². The predicted molar refractivity (Wildman–Crippen MR) is 112 cm³/mol. The van der Waals surface area contributed by atoms with Crippen molar-refractivity contribution >= 4 is 29.9 Å². The lowest BCUT2D eigenvalue weighted by Gasteiger charge is -2.36. The predicted octanol–water partition coefficient (Wildman–Crippen LogP) is 1.59. The number of carbonyl (C=O) groups is 2. The van der Waals surface area contributed by atoms with Crippen LogP contribution >= 0.6 is 12.4 Å². The number of ether oxygens (including phenoxy) is 1. The van der Waals surface area contributed by atoms with E-state index in [-0.39, 0.29) is 30.1 Å². The molecule has 2 N–H and O–H groups in total. The largest absolute Gasteiger partial charge is 0.494 e. The summed E-state index contributed by atoms with van der Waals surface area (Å²) < 4.78 is 5.40. The average Bonchev–Trinajstić information content (AvgIpc) is 2.70. The molecule has 2 saturated heterocycles. The first-order valence-electron chi connectivity index (χ1n) is 9.90. The van der Waals surface area contributed by atoms with Crippen molar-refractivity contribution in [3.8, 4) is 5.75 Å². The van der Waals surface area contributed by atoms with Gasteiger partial charge >= 0.3 is 0 Å². The zero-order valence-electron chi connectivity index (χ0n) is 16.5. The third kappa shape index (κ3) is 6.36. The molecule has 0 saturated carbocycles. The molecule has 0 aromatic heterocycles.